The van der Waals surface area contributed by atoms with Gasteiger partial charge in [-0.1, -0.05) is 11.6 Å². The number of furan rings is 1. The van der Waals surface area contributed by atoms with Crippen LogP contribution in [0.25, 0.3) is 6.08 Å². The van der Waals surface area contributed by atoms with Gasteiger partial charge in [-0.05, 0) is 42.8 Å². The van der Waals surface area contributed by atoms with E-state index >= 15 is 0 Å². The molecular weight excluding hydrogens is 444 g/mol. The van der Waals surface area contributed by atoms with Crippen LogP contribution in [0.1, 0.15) is 35.7 Å². The van der Waals surface area contributed by atoms with Crippen LogP contribution < -0.4 is 14.8 Å². The molecule has 1 fully saturated rings. The third kappa shape index (κ3) is 4.92. The smallest absolute Gasteiger partial charge is 0.373 e. The number of nitrogens with zero attached hydrogens (tertiary/aromatic N) is 1. The number of imide groups is 1. The average molecular weight is 463 g/mol. The van der Waals surface area contributed by atoms with Crippen LogP contribution in [-0.4, -0.2) is 42.5 Å². The maximum atomic E-state index is 12.7. The van der Waals surface area contributed by atoms with Crippen molar-refractivity contribution in [2.24, 2.45) is 0 Å². The molecule has 10 nitrogen and oxygen atoms in total. The number of carbonyl (C=O) groups excluding carboxylic acids is 4. The number of benzene rings is 1. The molecule has 3 amide bonds. The summed E-state index contributed by atoms with van der Waals surface area (Å²) in [6.45, 7) is 3.08. The summed E-state index contributed by atoms with van der Waals surface area (Å²) in [6.07, 6.45) is 1.41. The second-order valence-corrected chi connectivity index (χ2v) is 6.90. The lowest BCUT2D eigenvalue weighted by Crippen LogP contribution is -2.30. The fourth-order valence-corrected chi connectivity index (χ4v) is 3.15. The van der Waals surface area contributed by atoms with Crippen LogP contribution in [0.15, 0.2) is 34.4 Å². The molecule has 11 heteroatoms. The Morgan fingerprint density at radius 3 is 2.66 bits per heavy atom. The summed E-state index contributed by atoms with van der Waals surface area (Å²) in [7, 11) is 1.21. The molecule has 1 aliphatic heterocycles. The highest BCUT2D eigenvalue weighted by atomic mass is 35.5. The number of hydrogen-bond donors (Lipinski definition) is 1. The number of amides is 3. The fraction of sp³-hybridized carbons (Fsp3) is 0.238. The van der Waals surface area contributed by atoms with Gasteiger partial charge in [0.2, 0.25) is 5.76 Å². The highest BCUT2D eigenvalue weighted by molar-refractivity contribution is 6.32. The number of rotatable bonds is 7. The van der Waals surface area contributed by atoms with Gasteiger partial charge in [0.15, 0.2) is 11.5 Å². The van der Waals surface area contributed by atoms with Crippen LogP contribution in [0, 0.1) is 0 Å². The number of carbonyl (C=O) groups is 4. The van der Waals surface area contributed by atoms with Crippen LogP contribution >= 0.6 is 11.6 Å². The molecule has 0 radical (unpaired) electrons. The molecule has 168 valence electrons. The normalized spacial score (nSPS) is 14.5. The Bertz CT molecular complexity index is 1120. The fourth-order valence-electron chi connectivity index (χ4n) is 2.89. The van der Waals surface area contributed by atoms with Gasteiger partial charge in [-0.2, -0.15) is 0 Å². The molecule has 0 saturated carbocycles. The predicted octanol–water partition coefficient (Wildman–Crippen LogP) is 3.14. The van der Waals surface area contributed by atoms with Gasteiger partial charge in [-0.3, -0.25) is 14.5 Å². The monoisotopic (exact) mass is 462 g/mol. The van der Waals surface area contributed by atoms with Gasteiger partial charge in [-0.25, -0.2) is 9.59 Å². The molecule has 2 heterocycles. The van der Waals surface area contributed by atoms with Gasteiger partial charge in [-0.15, -0.1) is 0 Å². The summed E-state index contributed by atoms with van der Waals surface area (Å²) < 4.78 is 20.4. The topological polar surface area (TPSA) is 124 Å². The van der Waals surface area contributed by atoms with Crippen molar-refractivity contribution in [2.45, 2.75) is 20.4 Å². The minimum absolute atomic E-state index is 0.00602. The lowest BCUT2D eigenvalue weighted by Gasteiger charge is -2.12. The van der Waals surface area contributed by atoms with Crippen molar-refractivity contribution in [3.63, 3.8) is 0 Å². The lowest BCUT2D eigenvalue weighted by atomic mass is 10.1. The average Bonchev–Trinajstić information content (AvgIpc) is 3.30. The van der Waals surface area contributed by atoms with Crippen molar-refractivity contribution >= 4 is 41.6 Å². The van der Waals surface area contributed by atoms with E-state index in [1.165, 1.54) is 44.4 Å². The van der Waals surface area contributed by atoms with Gasteiger partial charge in [0, 0.05) is 6.92 Å². The molecule has 3 rings (SSSR count). The number of urea groups is 1. The Morgan fingerprint density at radius 2 is 2.00 bits per heavy atom. The zero-order valence-electron chi connectivity index (χ0n) is 17.4. The van der Waals surface area contributed by atoms with Gasteiger partial charge in [0.25, 0.3) is 5.91 Å². The highest BCUT2D eigenvalue weighted by Crippen LogP contribution is 2.37. The van der Waals surface area contributed by atoms with Gasteiger partial charge in [0.1, 0.15) is 11.5 Å². The minimum Gasteiger partial charge on any atom is -0.490 e. The maximum absolute atomic E-state index is 12.7. The lowest BCUT2D eigenvalue weighted by molar-refractivity contribution is -0.132. The third-order valence-electron chi connectivity index (χ3n) is 4.21. The minimum atomic E-state index is -0.673. The molecule has 1 aliphatic rings. The largest absolute Gasteiger partial charge is 0.490 e. The van der Waals surface area contributed by atoms with Crippen LogP contribution in [0.4, 0.5) is 4.79 Å². The Morgan fingerprint density at radius 1 is 1.25 bits per heavy atom. The first-order valence-corrected chi connectivity index (χ1v) is 9.77. The van der Waals surface area contributed by atoms with Crippen LogP contribution in [-0.2, 0) is 20.9 Å². The second kappa shape index (κ2) is 9.56. The van der Waals surface area contributed by atoms with Crippen molar-refractivity contribution in [1.29, 1.82) is 0 Å². The molecule has 0 unspecified atom stereocenters. The first kappa shape index (κ1) is 22.9. The van der Waals surface area contributed by atoms with Gasteiger partial charge in [0.05, 0.1) is 25.3 Å². The van der Waals surface area contributed by atoms with Crippen LogP contribution in [0.2, 0.25) is 5.02 Å². The van der Waals surface area contributed by atoms with Crippen molar-refractivity contribution in [3.8, 4) is 11.5 Å². The van der Waals surface area contributed by atoms with Gasteiger partial charge < -0.3 is 23.9 Å². The highest BCUT2D eigenvalue weighted by Gasteiger charge is 2.34. The molecule has 32 heavy (non-hydrogen) atoms. The molecule has 0 spiro atoms. The zero-order chi connectivity index (χ0) is 23.4. The molecule has 1 N–H and O–H groups in total. The summed E-state index contributed by atoms with van der Waals surface area (Å²) in [5, 5.41) is 2.57. The third-order valence-corrected chi connectivity index (χ3v) is 4.49. The summed E-state index contributed by atoms with van der Waals surface area (Å²) in [5.41, 5.74) is 0.430. The molecule has 1 aromatic carbocycles. The number of ether oxygens (including phenoxy) is 3. The van der Waals surface area contributed by atoms with E-state index in [0.29, 0.717) is 5.56 Å². The molecule has 2 aromatic rings. The summed E-state index contributed by atoms with van der Waals surface area (Å²) in [4.78, 5) is 48.8. The van der Waals surface area contributed by atoms with E-state index in [1.807, 2.05) is 0 Å². The summed E-state index contributed by atoms with van der Waals surface area (Å²) in [6, 6.07) is 5.18. The van der Waals surface area contributed by atoms with Crippen molar-refractivity contribution in [1.82, 2.24) is 10.2 Å². The summed E-state index contributed by atoms with van der Waals surface area (Å²) in [5.74, 6) is -1.40. The zero-order valence-corrected chi connectivity index (χ0v) is 18.1. The van der Waals surface area contributed by atoms with Crippen LogP contribution in [0.5, 0.6) is 11.5 Å². The van der Waals surface area contributed by atoms with Crippen LogP contribution in [0.3, 0.4) is 0 Å². The molecule has 0 bridgehead atoms. The predicted molar refractivity (Wildman–Crippen MR) is 111 cm³/mol. The summed E-state index contributed by atoms with van der Waals surface area (Å²) >= 11 is 6.22. The molecule has 1 aromatic heterocycles. The van der Waals surface area contributed by atoms with E-state index < -0.39 is 23.9 Å². The molecule has 1 saturated heterocycles. The van der Waals surface area contributed by atoms with E-state index in [4.69, 9.17) is 25.5 Å². The van der Waals surface area contributed by atoms with E-state index in [2.05, 4.69) is 10.1 Å². The number of halogens is 1. The van der Waals surface area contributed by atoms with Gasteiger partial charge >= 0.3 is 18.0 Å². The van der Waals surface area contributed by atoms with E-state index in [9.17, 15) is 19.2 Å². The number of nitrogens with one attached hydrogen (secondary N) is 1. The Hall–Kier alpha value is -3.79. The number of methoxy groups -OCH3 is 1. The maximum Gasteiger partial charge on any atom is 0.373 e. The van der Waals surface area contributed by atoms with Crippen molar-refractivity contribution in [3.05, 3.63) is 52.1 Å². The standard InChI is InChI=1S/C21H19ClN2O8/c1-4-30-17-9-12(7-14(22)18(17)31-11(2)25)8-15-19(26)24(21(28)23-15)10-13-5-6-16(32-13)20(27)29-3/h5-9H,4,10H2,1-3H3,(H,23,28). The molecule has 0 aliphatic carbocycles. The van der Waals surface area contributed by atoms with E-state index in [1.54, 1.807) is 6.92 Å². The first-order valence-electron chi connectivity index (χ1n) is 9.39. The SMILES string of the molecule is CCOc1cc(C=C2NC(=O)N(Cc3ccc(C(=O)OC)o3)C2=O)cc(Cl)c1OC(C)=O. The first-order chi connectivity index (χ1) is 15.2. The Balaban J connectivity index is 1.84. The number of hydrogen-bond acceptors (Lipinski definition) is 8. The number of esters is 2. The molecule has 0 atom stereocenters. The van der Waals surface area contributed by atoms with Crippen molar-refractivity contribution in [2.75, 3.05) is 13.7 Å². The Kier molecular flexibility index (Phi) is 6.84. The quantitative estimate of drug-likeness (QED) is 0.288. The Labute approximate surface area is 187 Å². The second-order valence-electron chi connectivity index (χ2n) is 6.49. The van der Waals surface area contributed by atoms with E-state index in [0.717, 1.165) is 4.90 Å². The molecular formula is C21H19ClN2O8. The van der Waals surface area contributed by atoms with Crippen molar-refractivity contribution < 1.29 is 37.8 Å². The van der Waals surface area contributed by atoms with E-state index in [-0.39, 0.29) is 46.9 Å².